The van der Waals surface area contributed by atoms with Gasteiger partial charge < -0.3 is 4.90 Å². The van der Waals surface area contributed by atoms with E-state index in [9.17, 15) is 13.2 Å². The molecule has 0 atom stereocenters. The van der Waals surface area contributed by atoms with Crippen LogP contribution in [0.3, 0.4) is 0 Å². The van der Waals surface area contributed by atoms with Gasteiger partial charge in [-0.15, -0.1) is 11.3 Å². The van der Waals surface area contributed by atoms with Gasteiger partial charge in [0.25, 0.3) is 5.91 Å². The Hall–Kier alpha value is -2.00. The van der Waals surface area contributed by atoms with Crippen LogP contribution in [0.15, 0.2) is 75.4 Å². The lowest BCUT2D eigenvalue weighted by molar-refractivity contribution is 0.0703. The molecular formula is C21H19BrN2O3S2. The van der Waals surface area contributed by atoms with Gasteiger partial charge in [0, 0.05) is 36.2 Å². The molecule has 0 bridgehead atoms. The highest BCUT2D eigenvalue weighted by atomic mass is 79.9. The number of carbonyl (C=O) groups excluding carboxylic acids is 1. The van der Waals surface area contributed by atoms with Crippen molar-refractivity contribution in [1.82, 2.24) is 9.21 Å². The molecule has 1 aliphatic rings. The van der Waals surface area contributed by atoms with Gasteiger partial charge in [0.05, 0.1) is 9.77 Å². The summed E-state index contributed by atoms with van der Waals surface area (Å²) >= 11 is 4.74. The number of sulfonamides is 1. The van der Waals surface area contributed by atoms with Gasteiger partial charge in [-0.1, -0.05) is 52.3 Å². The zero-order valence-corrected chi connectivity index (χ0v) is 18.7. The number of nitrogens with zero attached hydrogens (tertiary/aromatic N) is 2. The molecule has 2 heterocycles. The maximum atomic E-state index is 13.1. The Morgan fingerprint density at radius 2 is 1.66 bits per heavy atom. The maximum absolute atomic E-state index is 13.1. The van der Waals surface area contributed by atoms with Crippen molar-refractivity contribution in [2.75, 3.05) is 26.2 Å². The first-order valence-electron chi connectivity index (χ1n) is 9.15. The van der Waals surface area contributed by atoms with Crippen molar-refractivity contribution in [1.29, 1.82) is 0 Å². The first kappa shape index (κ1) is 20.3. The van der Waals surface area contributed by atoms with Gasteiger partial charge in [-0.25, -0.2) is 8.42 Å². The molecule has 0 unspecified atom stereocenters. The number of benzene rings is 2. The third-order valence-electron chi connectivity index (χ3n) is 4.90. The van der Waals surface area contributed by atoms with E-state index in [2.05, 4.69) is 15.9 Å². The molecule has 5 nitrogen and oxygen atoms in total. The molecule has 0 radical (unpaired) electrons. The van der Waals surface area contributed by atoms with E-state index in [0.717, 1.165) is 15.6 Å². The average Bonchev–Trinajstić information content (AvgIpc) is 3.24. The molecular weight excluding hydrogens is 472 g/mol. The predicted octanol–water partition coefficient (Wildman–Crippen LogP) is 4.32. The zero-order chi connectivity index (χ0) is 20.4. The van der Waals surface area contributed by atoms with E-state index >= 15 is 0 Å². The Kier molecular flexibility index (Phi) is 5.87. The highest BCUT2D eigenvalue weighted by Crippen LogP contribution is 2.30. The van der Waals surface area contributed by atoms with Crippen LogP contribution in [0.4, 0.5) is 0 Å². The third kappa shape index (κ3) is 4.16. The highest BCUT2D eigenvalue weighted by molar-refractivity contribution is 9.10. The monoisotopic (exact) mass is 490 g/mol. The fourth-order valence-corrected chi connectivity index (χ4v) is 6.27. The SMILES string of the molecule is O=C(c1sccc1-c1ccccc1)N1CCN(S(=O)(=O)c2cccc(Br)c2)CC1. The van der Waals surface area contributed by atoms with E-state index in [1.807, 2.05) is 41.8 Å². The van der Waals surface area contributed by atoms with E-state index < -0.39 is 10.0 Å². The summed E-state index contributed by atoms with van der Waals surface area (Å²) in [5, 5.41) is 1.92. The number of amides is 1. The van der Waals surface area contributed by atoms with Gasteiger partial charge in [-0.2, -0.15) is 4.31 Å². The first-order valence-corrected chi connectivity index (χ1v) is 12.3. The molecule has 1 fully saturated rings. The Balaban J connectivity index is 1.48. The standard InChI is InChI=1S/C21H19BrN2O3S2/c22-17-7-4-8-18(15-17)29(26,27)24-12-10-23(11-13-24)21(25)20-19(9-14-28-20)16-5-2-1-3-6-16/h1-9,14-15H,10-13H2. The Morgan fingerprint density at radius 1 is 0.931 bits per heavy atom. The molecule has 8 heteroatoms. The van der Waals surface area contributed by atoms with Crippen molar-refractivity contribution in [3.05, 3.63) is 75.4 Å². The van der Waals surface area contributed by atoms with Crippen molar-refractivity contribution in [2.45, 2.75) is 4.90 Å². The third-order valence-corrected chi connectivity index (χ3v) is 8.19. The van der Waals surface area contributed by atoms with Crippen LogP contribution in [0, 0.1) is 0 Å². The van der Waals surface area contributed by atoms with Crippen LogP contribution >= 0.6 is 27.3 Å². The summed E-state index contributed by atoms with van der Waals surface area (Å²) in [5.74, 6) is -0.0432. The number of hydrogen-bond acceptors (Lipinski definition) is 4. The number of halogens is 1. The fraction of sp³-hybridized carbons (Fsp3) is 0.190. The van der Waals surface area contributed by atoms with Crippen molar-refractivity contribution >= 4 is 43.2 Å². The zero-order valence-electron chi connectivity index (χ0n) is 15.5. The Bertz CT molecular complexity index is 1120. The van der Waals surface area contributed by atoms with Crippen molar-refractivity contribution in [2.24, 2.45) is 0 Å². The van der Waals surface area contributed by atoms with Crippen molar-refractivity contribution in [3.63, 3.8) is 0 Å². The van der Waals surface area contributed by atoms with Crippen LogP contribution in [0.5, 0.6) is 0 Å². The molecule has 0 N–H and O–H groups in total. The molecule has 3 aromatic rings. The molecule has 0 spiro atoms. The largest absolute Gasteiger partial charge is 0.335 e. The van der Waals surface area contributed by atoms with Crippen LogP contribution in [0.1, 0.15) is 9.67 Å². The quantitative estimate of drug-likeness (QED) is 0.546. The lowest BCUT2D eigenvalue weighted by Gasteiger charge is -2.34. The number of piperazine rings is 1. The predicted molar refractivity (Wildman–Crippen MR) is 119 cm³/mol. The van der Waals surface area contributed by atoms with Crippen LogP contribution < -0.4 is 0 Å². The number of carbonyl (C=O) groups is 1. The minimum atomic E-state index is -3.57. The highest BCUT2D eigenvalue weighted by Gasteiger charge is 2.31. The summed E-state index contributed by atoms with van der Waals surface area (Å²) < 4.78 is 27.9. The molecule has 2 aromatic carbocycles. The molecule has 29 heavy (non-hydrogen) atoms. The number of hydrogen-bond donors (Lipinski definition) is 0. The lowest BCUT2D eigenvalue weighted by atomic mass is 10.1. The first-order chi connectivity index (χ1) is 14.0. The molecule has 1 amide bonds. The van der Waals surface area contributed by atoms with Crippen molar-refractivity contribution < 1.29 is 13.2 Å². The summed E-state index contributed by atoms with van der Waals surface area (Å²) in [7, 11) is -3.57. The van der Waals surface area contributed by atoms with Crippen LogP contribution in [0.2, 0.25) is 0 Å². The number of thiophene rings is 1. The van der Waals surface area contributed by atoms with E-state index in [1.165, 1.54) is 15.6 Å². The van der Waals surface area contributed by atoms with Gasteiger partial charge >= 0.3 is 0 Å². The van der Waals surface area contributed by atoms with Gasteiger partial charge in [-0.3, -0.25) is 4.79 Å². The smallest absolute Gasteiger partial charge is 0.264 e. The maximum Gasteiger partial charge on any atom is 0.264 e. The fourth-order valence-electron chi connectivity index (χ4n) is 3.37. The summed E-state index contributed by atoms with van der Waals surface area (Å²) in [6.45, 7) is 1.32. The van der Waals surface area contributed by atoms with Crippen molar-refractivity contribution in [3.8, 4) is 11.1 Å². The molecule has 1 aliphatic heterocycles. The second-order valence-electron chi connectivity index (χ2n) is 6.68. The molecule has 1 aromatic heterocycles. The van der Waals surface area contributed by atoms with Gasteiger partial charge in [0.1, 0.15) is 0 Å². The summed E-state index contributed by atoms with van der Waals surface area (Å²) in [5.41, 5.74) is 1.93. The van der Waals surface area contributed by atoms with Crippen LogP contribution in [-0.4, -0.2) is 49.7 Å². The molecule has 0 aliphatic carbocycles. The average molecular weight is 491 g/mol. The summed E-state index contributed by atoms with van der Waals surface area (Å²) in [6.07, 6.45) is 0. The van der Waals surface area contributed by atoms with E-state index in [4.69, 9.17) is 0 Å². The summed E-state index contributed by atoms with van der Waals surface area (Å²) in [6, 6.07) is 18.5. The lowest BCUT2D eigenvalue weighted by Crippen LogP contribution is -2.50. The second-order valence-corrected chi connectivity index (χ2v) is 10.5. The van der Waals surface area contributed by atoms with Gasteiger partial charge in [0.15, 0.2) is 0 Å². The molecule has 4 rings (SSSR count). The van der Waals surface area contributed by atoms with E-state index in [1.54, 1.807) is 29.2 Å². The Morgan fingerprint density at radius 3 is 2.34 bits per heavy atom. The van der Waals surface area contributed by atoms with Crippen LogP contribution in [-0.2, 0) is 10.0 Å². The summed E-state index contributed by atoms with van der Waals surface area (Å²) in [4.78, 5) is 15.8. The van der Waals surface area contributed by atoms with E-state index in [0.29, 0.717) is 18.0 Å². The molecule has 150 valence electrons. The molecule has 1 saturated heterocycles. The molecule has 0 saturated carbocycles. The Labute approximate surface area is 182 Å². The minimum Gasteiger partial charge on any atom is -0.335 e. The van der Waals surface area contributed by atoms with Crippen LogP contribution in [0.25, 0.3) is 11.1 Å². The van der Waals surface area contributed by atoms with E-state index in [-0.39, 0.29) is 23.9 Å². The second kappa shape index (κ2) is 8.39. The minimum absolute atomic E-state index is 0.0432. The normalized spacial score (nSPS) is 15.4. The van der Waals surface area contributed by atoms with Gasteiger partial charge in [0.2, 0.25) is 10.0 Å². The van der Waals surface area contributed by atoms with Gasteiger partial charge in [-0.05, 0) is 35.2 Å². The number of rotatable bonds is 4. The topological polar surface area (TPSA) is 57.7 Å².